The molecule has 2 fully saturated rings. The number of nitriles is 1. The Morgan fingerprint density at radius 3 is 2.50 bits per heavy atom. The smallest absolute Gasteiger partial charge is 0.261 e. The first-order chi connectivity index (χ1) is 10.2. The Labute approximate surface area is 131 Å². The van der Waals surface area contributed by atoms with E-state index in [2.05, 4.69) is 40.7 Å². The van der Waals surface area contributed by atoms with Crippen molar-refractivity contribution in [2.45, 2.75) is 52.4 Å². The quantitative estimate of drug-likeness (QED) is 0.781. The summed E-state index contributed by atoms with van der Waals surface area (Å²) in [5, 5.41) is 8.93. The summed E-state index contributed by atoms with van der Waals surface area (Å²) in [5.74, 6) is -0.903. The number of nitrogens with zero attached hydrogens (tertiary/aromatic N) is 1. The molecule has 1 aromatic rings. The predicted molar refractivity (Wildman–Crippen MR) is 81.5 cm³/mol. The zero-order chi connectivity index (χ0) is 16.2. The van der Waals surface area contributed by atoms with Gasteiger partial charge in [-0.1, -0.05) is 52.8 Å². The minimum absolute atomic E-state index is 0.170. The monoisotopic (exact) mass is 301 g/mol. The van der Waals surface area contributed by atoms with Gasteiger partial charge in [0.2, 0.25) is 0 Å². The molecule has 22 heavy (non-hydrogen) atoms. The standard InChI is InChI=1S/C18H23NO3/c1-15(2,3)18-16(4,5)12-20-17(18,21-22-18)14-8-6-7-13(11-14)9-10-19/h6-8,11H,9,12H2,1-5H3. The molecule has 0 radical (unpaired) electrons. The molecule has 2 atom stereocenters. The van der Waals surface area contributed by atoms with Crippen LogP contribution in [0.4, 0.5) is 0 Å². The van der Waals surface area contributed by atoms with Crippen molar-refractivity contribution in [1.82, 2.24) is 0 Å². The van der Waals surface area contributed by atoms with Gasteiger partial charge in [0, 0.05) is 16.4 Å². The van der Waals surface area contributed by atoms with Crippen LogP contribution >= 0.6 is 0 Å². The van der Waals surface area contributed by atoms with E-state index in [1.807, 2.05) is 24.3 Å². The van der Waals surface area contributed by atoms with Gasteiger partial charge in [0.1, 0.15) is 0 Å². The summed E-state index contributed by atoms with van der Waals surface area (Å²) in [6.07, 6.45) is 0.372. The highest BCUT2D eigenvalue weighted by atomic mass is 17.3. The van der Waals surface area contributed by atoms with E-state index in [9.17, 15) is 0 Å². The van der Waals surface area contributed by atoms with Gasteiger partial charge < -0.3 is 4.74 Å². The molecule has 3 rings (SSSR count). The highest BCUT2D eigenvalue weighted by Crippen LogP contribution is 2.69. The molecule has 0 N–H and O–H groups in total. The van der Waals surface area contributed by atoms with Crippen molar-refractivity contribution >= 4 is 0 Å². The van der Waals surface area contributed by atoms with E-state index in [-0.39, 0.29) is 10.8 Å². The molecule has 1 aromatic carbocycles. The topological polar surface area (TPSA) is 51.5 Å². The van der Waals surface area contributed by atoms with Crippen LogP contribution in [0.3, 0.4) is 0 Å². The Balaban J connectivity index is 2.14. The van der Waals surface area contributed by atoms with Crippen LogP contribution in [-0.2, 0) is 26.7 Å². The van der Waals surface area contributed by atoms with Crippen molar-refractivity contribution in [2.24, 2.45) is 10.8 Å². The molecule has 4 nitrogen and oxygen atoms in total. The summed E-state index contributed by atoms with van der Waals surface area (Å²) in [6.45, 7) is 11.3. The average molecular weight is 301 g/mol. The third kappa shape index (κ3) is 1.68. The van der Waals surface area contributed by atoms with Gasteiger partial charge in [0.25, 0.3) is 5.79 Å². The fraction of sp³-hybridized carbons (Fsp3) is 0.611. The average Bonchev–Trinajstić information content (AvgIpc) is 2.53. The van der Waals surface area contributed by atoms with E-state index in [1.54, 1.807) is 0 Å². The minimum Gasteiger partial charge on any atom is -0.341 e. The molecule has 0 spiro atoms. The summed E-state index contributed by atoms with van der Waals surface area (Å²) in [7, 11) is 0. The van der Waals surface area contributed by atoms with Gasteiger partial charge in [-0.05, 0) is 11.6 Å². The largest absolute Gasteiger partial charge is 0.341 e. The Kier molecular flexibility index (Phi) is 3.20. The van der Waals surface area contributed by atoms with Crippen molar-refractivity contribution in [1.29, 1.82) is 5.26 Å². The predicted octanol–water partition coefficient (Wildman–Crippen LogP) is 3.71. The molecule has 0 aliphatic carbocycles. The highest BCUT2D eigenvalue weighted by molar-refractivity contribution is 5.35. The van der Waals surface area contributed by atoms with Crippen molar-refractivity contribution in [2.75, 3.05) is 6.61 Å². The lowest BCUT2D eigenvalue weighted by Crippen LogP contribution is -2.73. The first-order valence-corrected chi connectivity index (χ1v) is 7.67. The van der Waals surface area contributed by atoms with Gasteiger partial charge in [-0.3, -0.25) is 0 Å². The van der Waals surface area contributed by atoms with E-state index >= 15 is 0 Å². The summed E-state index contributed by atoms with van der Waals surface area (Å²) in [5.41, 5.74) is 0.955. The Bertz CT molecular complexity index is 640. The van der Waals surface area contributed by atoms with Crippen LogP contribution in [0.2, 0.25) is 0 Å². The Hall–Kier alpha value is -1.41. The van der Waals surface area contributed by atoms with Gasteiger partial charge in [-0.25, -0.2) is 4.89 Å². The molecule has 2 aliphatic rings. The number of ether oxygens (including phenoxy) is 1. The second-order valence-corrected chi connectivity index (χ2v) is 7.92. The van der Waals surface area contributed by atoms with E-state index < -0.39 is 11.4 Å². The molecule has 2 aliphatic heterocycles. The summed E-state index contributed by atoms with van der Waals surface area (Å²) in [4.78, 5) is 11.4. The van der Waals surface area contributed by atoms with Gasteiger partial charge in [-0.2, -0.15) is 10.1 Å². The van der Waals surface area contributed by atoms with Crippen LogP contribution in [0.1, 0.15) is 45.7 Å². The van der Waals surface area contributed by atoms with Crippen molar-refractivity contribution < 1.29 is 14.5 Å². The Morgan fingerprint density at radius 1 is 1.23 bits per heavy atom. The lowest BCUT2D eigenvalue weighted by Gasteiger charge is -2.61. The molecule has 2 saturated heterocycles. The maximum Gasteiger partial charge on any atom is 0.261 e. The van der Waals surface area contributed by atoms with Crippen LogP contribution in [0.5, 0.6) is 0 Å². The highest BCUT2D eigenvalue weighted by Gasteiger charge is 2.81. The normalized spacial score (nSPS) is 32.9. The van der Waals surface area contributed by atoms with Crippen molar-refractivity contribution in [3.8, 4) is 6.07 Å². The second kappa shape index (κ2) is 4.55. The van der Waals surface area contributed by atoms with Crippen LogP contribution in [-0.4, -0.2) is 12.2 Å². The second-order valence-electron chi connectivity index (χ2n) is 7.92. The molecule has 0 saturated carbocycles. The van der Waals surface area contributed by atoms with E-state index in [4.69, 9.17) is 19.8 Å². The number of benzene rings is 1. The van der Waals surface area contributed by atoms with Gasteiger partial charge >= 0.3 is 0 Å². The lowest BCUT2D eigenvalue weighted by molar-refractivity contribution is -0.626. The first-order valence-electron chi connectivity index (χ1n) is 7.67. The fourth-order valence-corrected chi connectivity index (χ4v) is 4.21. The van der Waals surface area contributed by atoms with E-state index in [0.29, 0.717) is 13.0 Å². The van der Waals surface area contributed by atoms with Crippen LogP contribution in [0, 0.1) is 22.2 Å². The zero-order valence-electron chi connectivity index (χ0n) is 13.9. The van der Waals surface area contributed by atoms with Gasteiger partial charge in [0.05, 0.1) is 19.1 Å². The number of hydrogen-bond donors (Lipinski definition) is 0. The van der Waals surface area contributed by atoms with Crippen LogP contribution < -0.4 is 0 Å². The maximum absolute atomic E-state index is 8.93. The number of hydrogen-bond acceptors (Lipinski definition) is 4. The molecule has 2 unspecified atom stereocenters. The van der Waals surface area contributed by atoms with Gasteiger partial charge in [-0.15, -0.1) is 0 Å². The molecule has 0 amide bonds. The SMILES string of the molecule is CC(C)(C)C12OOC1(c1cccc(CC#N)c1)OCC2(C)C. The van der Waals surface area contributed by atoms with Crippen LogP contribution in [0.15, 0.2) is 24.3 Å². The molecular weight excluding hydrogens is 278 g/mol. The maximum atomic E-state index is 8.93. The molecular formula is C18H23NO3. The summed E-state index contributed by atoms with van der Waals surface area (Å²) < 4.78 is 6.17. The fourth-order valence-electron chi connectivity index (χ4n) is 4.21. The lowest BCUT2D eigenvalue weighted by atomic mass is 9.57. The summed E-state index contributed by atoms with van der Waals surface area (Å²) >= 11 is 0. The number of fused-ring (bicyclic) bond motifs is 1. The molecule has 4 heteroatoms. The summed E-state index contributed by atoms with van der Waals surface area (Å²) in [6, 6.07) is 10.1. The van der Waals surface area contributed by atoms with Crippen molar-refractivity contribution in [3.05, 3.63) is 35.4 Å². The molecule has 0 aromatic heterocycles. The van der Waals surface area contributed by atoms with E-state index in [0.717, 1.165) is 11.1 Å². The zero-order valence-corrected chi connectivity index (χ0v) is 13.9. The third-order valence-electron chi connectivity index (χ3n) is 4.98. The minimum atomic E-state index is -0.903. The Morgan fingerprint density at radius 2 is 1.95 bits per heavy atom. The van der Waals surface area contributed by atoms with E-state index in [1.165, 1.54) is 0 Å². The van der Waals surface area contributed by atoms with Crippen molar-refractivity contribution in [3.63, 3.8) is 0 Å². The molecule has 2 heterocycles. The number of rotatable bonds is 2. The molecule has 118 valence electrons. The molecule has 0 bridgehead atoms. The van der Waals surface area contributed by atoms with Gasteiger partial charge in [0.15, 0.2) is 5.60 Å². The first kappa shape index (κ1) is 15.5. The van der Waals surface area contributed by atoms with Crippen LogP contribution in [0.25, 0.3) is 0 Å². The third-order valence-corrected chi connectivity index (χ3v) is 4.98.